The van der Waals surface area contributed by atoms with Crippen molar-refractivity contribution in [3.8, 4) is 67.5 Å². The molecule has 4 aromatic heterocycles. The third-order valence-electron chi connectivity index (χ3n) is 10.2. The first-order chi connectivity index (χ1) is 27.1. The number of benzene rings is 6. The zero-order chi connectivity index (χ0) is 36.7. The van der Waals surface area contributed by atoms with Gasteiger partial charge in [-0.15, -0.1) is 0 Å². The van der Waals surface area contributed by atoms with Gasteiger partial charge in [-0.2, -0.15) is 0 Å². The van der Waals surface area contributed by atoms with Gasteiger partial charge in [-0.25, -0.2) is 15.0 Å². The Bertz CT molecular complexity index is 2970. The summed E-state index contributed by atoms with van der Waals surface area (Å²) in [7, 11) is 0. The summed E-state index contributed by atoms with van der Waals surface area (Å²) in [5, 5.41) is 4.59. The Morgan fingerprint density at radius 2 is 1.02 bits per heavy atom. The highest BCUT2D eigenvalue weighted by atomic mass is 14.9. The summed E-state index contributed by atoms with van der Waals surface area (Å²) in [6.45, 7) is 2.03. The van der Waals surface area contributed by atoms with Gasteiger partial charge in [0.15, 0.2) is 5.82 Å². The molecule has 5 heteroatoms. The average Bonchev–Trinajstić information content (AvgIpc) is 3.26. The standard InChI is InChI=1S/C50H33N5/c1-32-17-18-37-25-26-42-43(40-24-21-33-10-5-6-13-38(33)28-40)30-45(53-49(42)48(37)52-32)36-22-19-34(20-23-36)39-14-9-15-41(29-39)50-54-46(35-11-3-2-4-12-35)31-47(55-50)44-16-7-8-27-51-44/h2-31H,1H3. The van der Waals surface area contributed by atoms with Crippen molar-refractivity contribution in [3.63, 3.8) is 0 Å². The largest absolute Gasteiger partial charge is 0.255 e. The normalized spacial score (nSPS) is 11.4. The minimum atomic E-state index is 0.651. The van der Waals surface area contributed by atoms with Crippen LogP contribution in [0.15, 0.2) is 182 Å². The van der Waals surface area contributed by atoms with E-state index in [1.54, 1.807) is 6.20 Å². The summed E-state index contributed by atoms with van der Waals surface area (Å²) in [6, 6.07) is 61.1. The number of hydrogen-bond acceptors (Lipinski definition) is 5. The van der Waals surface area contributed by atoms with E-state index in [9.17, 15) is 0 Å². The number of pyridine rings is 3. The first-order valence-corrected chi connectivity index (χ1v) is 18.4. The summed E-state index contributed by atoms with van der Waals surface area (Å²) in [5.41, 5.74) is 13.6. The Morgan fingerprint density at radius 1 is 0.345 bits per heavy atom. The molecule has 0 aliphatic heterocycles. The highest BCUT2D eigenvalue weighted by molar-refractivity contribution is 6.10. The smallest absolute Gasteiger partial charge is 0.160 e. The number of aromatic nitrogens is 5. The Balaban J connectivity index is 1.06. The summed E-state index contributed by atoms with van der Waals surface area (Å²) in [4.78, 5) is 24.9. The fraction of sp³-hybridized carbons (Fsp3) is 0.0200. The predicted octanol–water partition coefficient (Wildman–Crippen LogP) is 12.4. The second kappa shape index (κ2) is 13.6. The maximum Gasteiger partial charge on any atom is 0.160 e. The van der Waals surface area contributed by atoms with Crippen molar-refractivity contribution in [2.75, 3.05) is 0 Å². The van der Waals surface area contributed by atoms with Gasteiger partial charge in [-0.3, -0.25) is 9.97 Å². The number of rotatable bonds is 6. The molecule has 0 aliphatic carbocycles. The molecule has 0 saturated heterocycles. The van der Waals surface area contributed by atoms with Crippen molar-refractivity contribution < 1.29 is 0 Å². The number of nitrogens with zero attached hydrogens (tertiary/aromatic N) is 5. The van der Waals surface area contributed by atoms with Crippen molar-refractivity contribution in [2.24, 2.45) is 0 Å². The molecule has 5 nitrogen and oxygen atoms in total. The van der Waals surface area contributed by atoms with E-state index in [-0.39, 0.29) is 0 Å². The van der Waals surface area contributed by atoms with Gasteiger partial charge >= 0.3 is 0 Å². The number of hydrogen-bond donors (Lipinski definition) is 0. The summed E-state index contributed by atoms with van der Waals surface area (Å²) < 4.78 is 0. The lowest BCUT2D eigenvalue weighted by atomic mass is 9.94. The molecule has 4 heterocycles. The van der Waals surface area contributed by atoms with Gasteiger partial charge in [-0.05, 0) is 82.4 Å². The zero-order valence-electron chi connectivity index (χ0n) is 30.1. The zero-order valence-corrected chi connectivity index (χ0v) is 30.1. The Kier molecular flexibility index (Phi) is 7.96. The van der Waals surface area contributed by atoms with E-state index in [0.717, 1.165) is 89.2 Å². The Labute approximate surface area is 318 Å². The van der Waals surface area contributed by atoms with Gasteiger partial charge in [0.1, 0.15) is 0 Å². The molecule has 0 aliphatic rings. The minimum absolute atomic E-state index is 0.651. The molecule has 10 rings (SSSR count). The summed E-state index contributed by atoms with van der Waals surface area (Å²) in [6.07, 6.45) is 1.79. The van der Waals surface area contributed by atoms with Gasteiger partial charge in [0.25, 0.3) is 0 Å². The predicted molar refractivity (Wildman–Crippen MR) is 225 cm³/mol. The molecule has 0 spiro atoms. The van der Waals surface area contributed by atoms with E-state index in [1.165, 1.54) is 10.8 Å². The van der Waals surface area contributed by atoms with E-state index in [1.807, 2.05) is 49.4 Å². The highest BCUT2D eigenvalue weighted by Gasteiger charge is 2.15. The van der Waals surface area contributed by atoms with Crippen LogP contribution in [-0.2, 0) is 0 Å². The van der Waals surface area contributed by atoms with E-state index in [0.29, 0.717) is 5.82 Å². The van der Waals surface area contributed by atoms with E-state index in [4.69, 9.17) is 19.9 Å². The van der Waals surface area contributed by atoms with Gasteiger partial charge in [0.2, 0.25) is 0 Å². The van der Waals surface area contributed by atoms with Crippen LogP contribution in [0.1, 0.15) is 5.69 Å². The second-order valence-corrected chi connectivity index (χ2v) is 13.8. The van der Waals surface area contributed by atoms with Crippen LogP contribution in [0.5, 0.6) is 0 Å². The maximum atomic E-state index is 5.30. The highest BCUT2D eigenvalue weighted by Crippen LogP contribution is 2.37. The maximum absolute atomic E-state index is 5.30. The lowest BCUT2D eigenvalue weighted by Crippen LogP contribution is -1.97. The van der Waals surface area contributed by atoms with Crippen LogP contribution in [0.4, 0.5) is 0 Å². The molecule has 0 amide bonds. The molecule has 0 radical (unpaired) electrons. The molecule has 0 atom stereocenters. The van der Waals surface area contributed by atoms with Crippen LogP contribution in [0.25, 0.3) is 100 Å². The van der Waals surface area contributed by atoms with Crippen LogP contribution in [-0.4, -0.2) is 24.9 Å². The Morgan fingerprint density at radius 3 is 1.87 bits per heavy atom. The van der Waals surface area contributed by atoms with Crippen molar-refractivity contribution in [2.45, 2.75) is 6.92 Å². The lowest BCUT2D eigenvalue weighted by Gasteiger charge is -2.13. The first kappa shape index (κ1) is 32.3. The lowest BCUT2D eigenvalue weighted by molar-refractivity contribution is 1.16. The van der Waals surface area contributed by atoms with Gasteiger partial charge in [0, 0.05) is 39.4 Å². The SMILES string of the molecule is Cc1ccc2ccc3c(-c4ccc5ccccc5c4)cc(-c4ccc(-c5cccc(-c6nc(-c7ccccc7)cc(-c7ccccn7)n6)c5)cc4)nc3c2n1. The van der Waals surface area contributed by atoms with E-state index >= 15 is 0 Å². The molecule has 10 aromatic rings. The first-order valence-electron chi connectivity index (χ1n) is 18.4. The van der Waals surface area contributed by atoms with Crippen molar-refractivity contribution in [1.82, 2.24) is 24.9 Å². The Hall–Kier alpha value is -7.37. The molecule has 0 bridgehead atoms. The topological polar surface area (TPSA) is 64.5 Å². The number of aryl methyl sites for hydroxylation is 1. The summed E-state index contributed by atoms with van der Waals surface area (Å²) >= 11 is 0. The van der Waals surface area contributed by atoms with Crippen LogP contribution in [0.2, 0.25) is 0 Å². The molecular formula is C50H33N5. The van der Waals surface area contributed by atoms with Crippen LogP contribution >= 0.6 is 0 Å². The van der Waals surface area contributed by atoms with Crippen LogP contribution < -0.4 is 0 Å². The van der Waals surface area contributed by atoms with E-state index in [2.05, 4.69) is 138 Å². The molecular weight excluding hydrogens is 671 g/mol. The molecule has 258 valence electrons. The van der Waals surface area contributed by atoms with Gasteiger partial charge < -0.3 is 0 Å². The molecule has 0 saturated carbocycles. The van der Waals surface area contributed by atoms with Crippen LogP contribution in [0, 0.1) is 6.92 Å². The van der Waals surface area contributed by atoms with Crippen molar-refractivity contribution in [3.05, 3.63) is 188 Å². The molecule has 55 heavy (non-hydrogen) atoms. The third kappa shape index (κ3) is 6.18. The average molecular weight is 704 g/mol. The van der Waals surface area contributed by atoms with E-state index < -0.39 is 0 Å². The van der Waals surface area contributed by atoms with Crippen LogP contribution in [0.3, 0.4) is 0 Å². The fourth-order valence-electron chi connectivity index (χ4n) is 7.36. The minimum Gasteiger partial charge on any atom is -0.255 e. The molecule has 6 aromatic carbocycles. The monoisotopic (exact) mass is 703 g/mol. The second-order valence-electron chi connectivity index (χ2n) is 13.8. The van der Waals surface area contributed by atoms with Gasteiger partial charge in [-0.1, -0.05) is 133 Å². The van der Waals surface area contributed by atoms with Crippen molar-refractivity contribution in [1.29, 1.82) is 0 Å². The molecule has 0 fully saturated rings. The van der Waals surface area contributed by atoms with Crippen molar-refractivity contribution >= 4 is 32.6 Å². The quantitative estimate of drug-likeness (QED) is 0.161. The number of fused-ring (bicyclic) bond motifs is 4. The fourth-order valence-corrected chi connectivity index (χ4v) is 7.36. The third-order valence-corrected chi connectivity index (χ3v) is 10.2. The molecule has 0 unspecified atom stereocenters. The van der Waals surface area contributed by atoms with Gasteiger partial charge in [0.05, 0.1) is 33.8 Å². The summed E-state index contributed by atoms with van der Waals surface area (Å²) in [5.74, 6) is 0.651. The molecule has 0 N–H and O–H groups in total.